The molecule has 4 rings (SSSR count). The molecular formula is C21H21N3O5. The average molecular weight is 395 g/mol. The van der Waals surface area contributed by atoms with Gasteiger partial charge in [0.15, 0.2) is 0 Å². The Morgan fingerprint density at radius 1 is 1.14 bits per heavy atom. The van der Waals surface area contributed by atoms with Crippen molar-refractivity contribution in [2.24, 2.45) is 0 Å². The number of benzene rings is 1. The zero-order chi connectivity index (χ0) is 20.5. The Hall–Kier alpha value is -3.18. The molecule has 3 aliphatic heterocycles. The van der Waals surface area contributed by atoms with Gasteiger partial charge in [-0.1, -0.05) is 5.92 Å². The van der Waals surface area contributed by atoms with E-state index < -0.39 is 29.7 Å². The van der Waals surface area contributed by atoms with Crippen molar-refractivity contribution in [1.82, 2.24) is 10.2 Å². The van der Waals surface area contributed by atoms with Crippen molar-refractivity contribution < 1.29 is 23.9 Å². The number of hydrogen-bond donors (Lipinski definition) is 1. The first-order valence-corrected chi connectivity index (χ1v) is 9.65. The molecule has 0 aliphatic carbocycles. The fourth-order valence-corrected chi connectivity index (χ4v) is 4.13. The summed E-state index contributed by atoms with van der Waals surface area (Å²) in [6.45, 7) is 1.73. The highest BCUT2D eigenvalue weighted by Gasteiger charge is 2.44. The lowest BCUT2D eigenvalue weighted by molar-refractivity contribution is -0.136. The number of nitrogens with zero attached hydrogens (tertiary/aromatic N) is 2. The minimum atomic E-state index is -0.958. The number of piperidine rings is 2. The predicted octanol–water partition coefficient (Wildman–Crippen LogP) is 0.706. The van der Waals surface area contributed by atoms with Gasteiger partial charge in [-0.05, 0) is 37.5 Å². The van der Waals surface area contributed by atoms with Gasteiger partial charge in [-0.15, -0.1) is 6.42 Å². The number of imide groups is 2. The molecule has 2 saturated heterocycles. The van der Waals surface area contributed by atoms with Crippen molar-refractivity contribution in [3.63, 3.8) is 0 Å². The van der Waals surface area contributed by atoms with Crippen molar-refractivity contribution in [3.8, 4) is 12.3 Å². The molecule has 2 fully saturated rings. The van der Waals surface area contributed by atoms with Crippen LogP contribution in [0.3, 0.4) is 0 Å². The molecule has 3 heterocycles. The van der Waals surface area contributed by atoms with Gasteiger partial charge in [-0.3, -0.25) is 29.4 Å². The standard InChI is InChI=1S/C21H21N3O5/c1-2-10-29-14-4-3-9-23(12-14)13-5-6-15-16(11-13)21(28)24(20(15)27)17-7-8-18(25)22-19(17)26/h1,5-6,11,14,17H,3-4,7-10,12H2,(H,22,25,26). The van der Waals surface area contributed by atoms with Crippen molar-refractivity contribution in [2.75, 3.05) is 24.6 Å². The summed E-state index contributed by atoms with van der Waals surface area (Å²) in [5.41, 5.74) is 1.38. The predicted molar refractivity (Wildman–Crippen MR) is 103 cm³/mol. The van der Waals surface area contributed by atoms with E-state index in [1.807, 2.05) is 6.07 Å². The van der Waals surface area contributed by atoms with Crippen molar-refractivity contribution in [2.45, 2.75) is 37.8 Å². The number of anilines is 1. The number of ether oxygens (including phenoxy) is 1. The maximum Gasteiger partial charge on any atom is 0.262 e. The monoisotopic (exact) mass is 395 g/mol. The van der Waals surface area contributed by atoms with E-state index in [-0.39, 0.29) is 36.7 Å². The Balaban J connectivity index is 1.55. The molecule has 2 atom stereocenters. The quantitative estimate of drug-likeness (QED) is 0.596. The summed E-state index contributed by atoms with van der Waals surface area (Å²) < 4.78 is 5.65. The number of nitrogens with one attached hydrogen (secondary N) is 1. The van der Waals surface area contributed by atoms with Crippen LogP contribution in [0.15, 0.2) is 18.2 Å². The third-order valence-electron chi connectivity index (χ3n) is 5.57. The topological polar surface area (TPSA) is 96.0 Å². The van der Waals surface area contributed by atoms with Gasteiger partial charge in [0.25, 0.3) is 11.8 Å². The fraction of sp³-hybridized carbons (Fsp3) is 0.429. The normalized spacial score (nSPS) is 24.4. The van der Waals surface area contributed by atoms with E-state index in [4.69, 9.17) is 11.2 Å². The Morgan fingerprint density at radius 2 is 1.93 bits per heavy atom. The molecule has 150 valence electrons. The molecular weight excluding hydrogens is 374 g/mol. The minimum Gasteiger partial charge on any atom is -0.369 e. The zero-order valence-corrected chi connectivity index (χ0v) is 15.8. The highest BCUT2D eigenvalue weighted by Crippen LogP contribution is 2.31. The van der Waals surface area contributed by atoms with Crippen LogP contribution in [-0.4, -0.2) is 60.4 Å². The van der Waals surface area contributed by atoms with Gasteiger partial charge < -0.3 is 9.64 Å². The van der Waals surface area contributed by atoms with Gasteiger partial charge in [0.1, 0.15) is 12.6 Å². The van der Waals surface area contributed by atoms with Crippen LogP contribution < -0.4 is 10.2 Å². The highest BCUT2D eigenvalue weighted by atomic mass is 16.5. The van der Waals surface area contributed by atoms with Crippen molar-refractivity contribution >= 4 is 29.3 Å². The summed E-state index contributed by atoms with van der Waals surface area (Å²) in [5, 5.41) is 2.20. The van der Waals surface area contributed by atoms with E-state index in [1.54, 1.807) is 12.1 Å². The summed E-state index contributed by atoms with van der Waals surface area (Å²) in [6, 6.07) is 4.18. The number of amides is 4. The maximum atomic E-state index is 12.9. The Kier molecular flexibility index (Phi) is 5.07. The fourth-order valence-electron chi connectivity index (χ4n) is 4.13. The van der Waals surface area contributed by atoms with Gasteiger partial charge in [-0.2, -0.15) is 0 Å². The summed E-state index contributed by atoms with van der Waals surface area (Å²) >= 11 is 0. The number of terminal acetylenes is 1. The Labute approximate surface area is 168 Å². The molecule has 0 bridgehead atoms. The lowest BCUT2D eigenvalue weighted by Crippen LogP contribution is -2.54. The third-order valence-corrected chi connectivity index (χ3v) is 5.57. The molecule has 1 aromatic carbocycles. The van der Waals surface area contributed by atoms with Crippen LogP contribution >= 0.6 is 0 Å². The first-order valence-electron chi connectivity index (χ1n) is 9.65. The SMILES string of the molecule is C#CCOC1CCCN(c2ccc3c(c2)C(=O)N(C2CCC(=O)NC2=O)C3=O)C1. The molecule has 8 nitrogen and oxygen atoms in total. The van der Waals surface area contributed by atoms with Gasteiger partial charge in [0.2, 0.25) is 11.8 Å². The lowest BCUT2D eigenvalue weighted by atomic mass is 10.0. The molecule has 8 heteroatoms. The highest BCUT2D eigenvalue weighted by molar-refractivity contribution is 6.23. The van der Waals surface area contributed by atoms with Crippen LogP contribution in [0.4, 0.5) is 5.69 Å². The molecule has 1 N–H and O–H groups in total. The zero-order valence-electron chi connectivity index (χ0n) is 15.8. The van der Waals surface area contributed by atoms with Crippen LogP contribution in [-0.2, 0) is 14.3 Å². The first kappa shape index (κ1) is 19.2. The van der Waals surface area contributed by atoms with E-state index in [9.17, 15) is 19.2 Å². The molecule has 4 amide bonds. The van der Waals surface area contributed by atoms with Crippen LogP contribution in [0.2, 0.25) is 0 Å². The molecule has 0 spiro atoms. The summed E-state index contributed by atoms with van der Waals surface area (Å²) in [6.07, 6.45) is 7.38. The number of hydrogen-bond acceptors (Lipinski definition) is 6. The summed E-state index contributed by atoms with van der Waals surface area (Å²) in [7, 11) is 0. The van der Waals surface area contributed by atoms with Gasteiger partial charge in [0, 0.05) is 25.2 Å². The summed E-state index contributed by atoms with van der Waals surface area (Å²) in [5.74, 6) is 0.471. The second-order valence-electron chi connectivity index (χ2n) is 7.40. The number of carbonyl (C=O) groups is 4. The smallest absolute Gasteiger partial charge is 0.262 e. The molecule has 0 saturated carbocycles. The van der Waals surface area contributed by atoms with Crippen molar-refractivity contribution in [3.05, 3.63) is 29.3 Å². The Bertz CT molecular complexity index is 935. The third kappa shape index (κ3) is 3.49. The van der Waals surface area contributed by atoms with Crippen molar-refractivity contribution in [1.29, 1.82) is 0 Å². The van der Waals surface area contributed by atoms with Crippen LogP contribution in [0.5, 0.6) is 0 Å². The lowest BCUT2D eigenvalue weighted by Gasteiger charge is -2.34. The minimum absolute atomic E-state index is 0.0189. The van der Waals surface area contributed by atoms with Gasteiger partial charge in [0.05, 0.1) is 17.2 Å². The van der Waals surface area contributed by atoms with Crippen LogP contribution in [0.25, 0.3) is 0 Å². The van der Waals surface area contributed by atoms with Crippen LogP contribution in [0, 0.1) is 12.3 Å². The second kappa shape index (κ2) is 7.68. The van der Waals surface area contributed by atoms with Crippen LogP contribution in [0.1, 0.15) is 46.4 Å². The average Bonchev–Trinajstić information content (AvgIpc) is 2.97. The molecule has 3 aliphatic rings. The molecule has 29 heavy (non-hydrogen) atoms. The largest absolute Gasteiger partial charge is 0.369 e. The number of fused-ring (bicyclic) bond motifs is 1. The number of rotatable bonds is 4. The van der Waals surface area contributed by atoms with Gasteiger partial charge in [-0.25, -0.2) is 0 Å². The Morgan fingerprint density at radius 3 is 2.69 bits per heavy atom. The molecule has 1 aromatic rings. The van der Waals surface area contributed by atoms with E-state index in [0.717, 1.165) is 30.0 Å². The molecule has 0 aromatic heterocycles. The molecule has 0 radical (unpaired) electrons. The van der Waals surface area contributed by atoms with E-state index >= 15 is 0 Å². The molecule has 2 unspecified atom stereocenters. The van der Waals surface area contributed by atoms with E-state index in [0.29, 0.717) is 6.54 Å². The number of carbonyl (C=O) groups excluding carboxylic acids is 4. The van der Waals surface area contributed by atoms with Gasteiger partial charge >= 0.3 is 0 Å². The van der Waals surface area contributed by atoms with E-state index in [1.165, 1.54) is 0 Å². The second-order valence-corrected chi connectivity index (χ2v) is 7.40. The van der Waals surface area contributed by atoms with E-state index in [2.05, 4.69) is 16.1 Å². The first-order chi connectivity index (χ1) is 14.0. The summed E-state index contributed by atoms with van der Waals surface area (Å²) in [4.78, 5) is 52.4. The maximum absolute atomic E-state index is 12.9.